The van der Waals surface area contributed by atoms with Gasteiger partial charge in [-0.25, -0.2) is 18.6 Å². The van der Waals surface area contributed by atoms with Gasteiger partial charge in [-0.3, -0.25) is 0 Å². The maximum absolute atomic E-state index is 15.6. The second-order valence-electron chi connectivity index (χ2n) is 10.2. The molecule has 5 rings (SSSR count). The van der Waals surface area contributed by atoms with Crippen molar-refractivity contribution in [3.05, 3.63) is 71.0 Å². The summed E-state index contributed by atoms with van der Waals surface area (Å²) in [4.78, 5) is 20.2. The number of hydrogen-bond donors (Lipinski definition) is 0. The van der Waals surface area contributed by atoms with Crippen molar-refractivity contribution < 1.29 is 23.0 Å². The van der Waals surface area contributed by atoms with Crippen LogP contribution in [0, 0.1) is 5.82 Å². The van der Waals surface area contributed by atoms with Crippen LogP contribution in [0.2, 0.25) is 0 Å². The monoisotopic (exact) mass is 469 g/mol. The lowest BCUT2D eigenvalue weighted by atomic mass is 9.88. The minimum Gasteiger partial charge on any atom is -0.456 e. The summed E-state index contributed by atoms with van der Waals surface area (Å²) >= 11 is 0. The van der Waals surface area contributed by atoms with Crippen molar-refractivity contribution in [2.75, 3.05) is 26.2 Å². The summed E-state index contributed by atoms with van der Waals surface area (Å²) < 4.78 is 40.6. The number of amidine groups is 1. The van der Waals surface area contributed by atoms with Gasteiger partial charge in [-0.1, -0.05) is 36.4 Å². The summed E-state index contributed by atoms with van der Waals surface area (Å²) in [5, 5.41) is 0. The Balaban J connectivity index is 1.32. The number of likely N-dealkylation sites (tertiary alicyclic amines) is 1. The van der Waals surface area contributed by atoms with Gasteiger partial charge in [-0.05, 0) is 56.0 Å². The molecule has 8 heteroatoms. The Morgan fingerprint density at radius 1 is 1.15 bits per heavy atom. The second kappa shape index (κ2) is 8.25. The molecule has 0 N–H and O–H groups in total. The first-order valence-corrected chi connectivity index (χ1v) is 11.6. The average Bonchev–Trinajstić information content (AvgIpc) is 3.26. The zero-order valence-corrected chi connectivity index (χ0v) is 19.6. The molecule has 0 radical (unpaired) electrons. The van der Waals surface area contributed by atoms with E-state index in [0.29, 0.717) is 12.6 Å². The van der Waals surface area contributed by atoms with Crippen molar-refractivity contribution in [1.29, 1.82) is 0 Å². The van der Waals surface area contributed by atoms with E-state index in [2.05, 4.69) is 17.1 Å². The van der Waals surface area contributed by atoms with Gasteiger partial charge in [0.2, 0.25) is 0 Å². The first-order valence-electron chi connectivity index (χ1n) is 11.6. The molecule has 1 unspecified atom stereocenters. The SMILES string of the molecule is CC(C)(C)OC(=O)N1CC(F)(C2CN=C(N3CCc4ccccc4[C@@H]3c3ccc(F)cc3)O2)C1. The van der Waals surface area contributed by atoms with Crippen molar-refractivity contribution in [3.8, 4) is 0 Å². The Kier molecular flexibility index (Phi) is 5.49. The predicted octanol–water partition coefficient (Wildman–Crippen LogP) is 4.49. The van der Waals surface area contributed by atoms with Crippen LogP contribution in [0.5, 0.6) is 0 Å². The molecule has 0 aromatic heterocycles. The molecule has 2 aromatic carbocycles. The lowest BCUT2D eigenvalue weighted by Gasteiger charge is -2.46. The third-order valence-corrected chi connectivity index (χ3v) is 6.49. The summed E-state index contributed by atoms with van der Waals surface area (Å²) in [7, 11) is 0. The maximum atomic E-state index is 15.6. The van der Waals surface area contributed by atoms with Crippen LogP contribution in [0.25, 0.3) is 0 Å². The van der Waals surface area contributed by atoms with E-state index in [9.17, 15) is 9.18 Å². The normalized spacial score (nSPS) is 23.5. The maximum Gasteiger partial charge on any atom is 0.410 e. The first-order chi connectivity index (χ1) is 16.1. The number of alkyl halides is 1. The largest absolute Gasteiger partial charge is 0.456 e. The van der Waals surface area contributed by atoms with E-state index < -0.39 is 23.5 Å². The fourth-order valence-corrected chi connectivity index (χ4v) is 4.82. The number of halogens is 2. The Morgan fingerprint density at radius 3 is 2.56 bits per heavy atom. The number of ether oxygens (including phenoxy) is 2. The number of carbonyl (C=O) groups excluding carboxylic acids is 1. The molecule has 0 spiro atoms. The van der Waals surface area contributed by atoms with Gasteiger partial charge in [0.15, 0.2) is 11.8 Å². The molecule has 3 aliphatic rings. The molecule has 1 fully saturated rings. The van der Waals surface area contributed by atoms with Crippen molar-refractivity contribution in [2.24, 2.45) is 4.99 Å². The van der Waals surface area contributed by atoms with E-state index in [4.69, 9.17) is 9.47 Å². The third-order valence-electron chi connectivity index (χ3n) is 6.49. The number of benzene rings is 2. The number of aliphatic imine (C=N–C) groups is 1. The van der Waals surface area contributed by atoms with E-state index in [0.717, 1.165) is 17.5 Å². The lowest BCUT2D eigenvalue weighted by molar-refractivity contribution is -0.100. The van der Waals surface area contributed by atoms with Gasteiger partial charge < -0.3 is 19.3 Å². The van der Waals surface area contributed by atoms with Crippen molar-refractivity contribution in [2.45, 2.75) is 50.6 Å². The molecule has 2 atom stereocenters. The van der Waals surface area contributed by atoms with E-state index in [1.807, 2.05) is 17.0 Å². The van der Waals surface area contributed by atoms with Gasteiger partial charge in [0.05, 0.1) is 25.7 Å². The highest BCUT2D eigenvalue weighted by Crippen LogP contribution is 2.39. The highest BCUT2D eigenvalue weighted by Gasteiger charge is 2.56. The molecular weight excluding hydrogens is 440 g/mol. The number of hydrogen-bond acceptors (Lipinski definition) is 5. The molecule has 34 heavy (non-hydrogen) atoms. The molecule has 1 amide bonds. The van der Waals surface area contributed by atoms with Crippen LogP contribution >= 0.6 is 0 Å². The molecule has 3 aliphatic heterocycles. The topological polar surface area (TPSA) is 54.4 Å². The Bertz CT molecular complexity index is 1110. The summed E-state index contributed by atoms with van der Waals surface area (Å²) in [6, 6.07) is 14.8. The number of carbonyl (C=O) groups is 1. The fraction of sp³-hybridized carbons (Fsp3) is 0.462. The van der Waals surface area contributed by atoms with Gasteiger partial charge in [0.1, 0.15) is 11.4 Å². The van der Waals surface area contributed by atoms with E-state index >= 15 is 4.39 Å². The molecule has 0 aliphatic carbocycles. The smallest absolute Gasteiger partial charge is 0.410 e. The second-order valence-corrected chi connectivity index (χ2v) is 10.2. The molecular formula is C26H29F2N3O3. The minimum absolute atomic E-state index is 0.0837. The fourth-order valence-electron chi connectivity index (χ4n) is 4.82. The van der Waals surface area contributed by atoms with Gasteiger partial charge >= 0.3 is 6.09 Å². The molecule has 3 heterocycles. The third kappa shape index (κ3) is 4.21. The summed E-state index contributed by atoms with van der Waals surface area (Å²) in [6.45, 7) is 6.00. The number of nitrogens with zero attached hydrogens (tertiary/aromatic N) is 3. The molecule has 180 valence electrons. The van der Waals surface area contributed by atoms with Gasteiger partial charge in [-0.15, -0.1) is 0 Å². The highest BCUT2D eigenvalue weighted by molar-refractivity contribution is 5.78. The Labute approximate surface area is 198 Å². The standard InChI is InChI=1S/C26H29F2N3O3/c1-25(2,3)34-24(32)30-15-26(28,16-30)21-14-29-23(33-21)31-13-12-17-6-4-5-7-20(17)22(31)18-8-10-19(27)11-9-18/h4-11,21-22H,12-16H2,1-3H3/t21?,22-/m0/s1. The lowest BCUT2D eigenvalue weighted by Crippen LogP contribution is -2.67. The van der Waals surface area contributed by atoms with Crippen LogP contribution in [-0.4, -0.2) is 65.5 Å². The molecule has 1 saturated heterocycles. The zero-order valence-electron chi connectivity index (χ0n) is 19.6. The van der Waals surface area contributed by atoms with Gasteiger partial charge in [0.25, 0.3) is 6.02 Å². The van der Waals surface area contributed by atoms with Crippen molar-refractivity contribution in [3.63, 3.8) is 0 Å². The summed E-state index contributed by atoms with van der Waals surface area (Å²) in [5.41, 5.74) is 0.924. The molecule has 0 saturated carbocycles. The number of fused-ring (bicyclic) bond motifs is 1. The molecule has 2 aromatic rings. The number of amides is 1. The zero-order chi connectivity index (χ0) is 24.1. The van der Waals surface area contributed by atoms with Crippen LogP contribution in [-0.2, 0) is 15.9 Å². The van der Waals surface area contributed by atoms with E-state index in [1.54, 1.807) is 32.9 Å². The quantitative estimate of drug-likeness (QED) is 0.651. The van der Waals surface area contributed by atoms with E-state index in [1.165, 1.54) is 22.6 Å². The van der Waals surface area contributed by atoms with Crippen LogP contribution in [0.4, 0.5) is 13.6 Å². The Morgan fingerprint density at radius 2 is 1.85 bits per heavy atom. The van der Waals surface area contributed by atoms with Crippen LogP contribution in [0.3, 0.4) is 0 Å². The van der Waals surface area contributed by atoms with Crippen LogP contribution in [0.1, 0.15) is 43.5 Å². The van der Waals surface area contributed by atoms with Gasteiger partial charge in [0, 0.05) is 6.54 Å². The number of rotatable bonds is 2. The summed E-state index contributed by atoms with van der Waals surface area (Å²) in [5.74, 6) is -0.298. The van der Waals surface area contributed by atoms with Gasteiger partial charge in [-0.2, -0.15) is 0 Å². The Hall–Kier alpha value is -3.16. The van der Waals surface area contributed by atoms with Crippen LogP contribution < -0.4 is 0 Å². The van der Waals surface area contributed by atoms with Crippen molar-refractivity contribution in [1.82, 2.24) is 9.80 Å². The average molecular weight is 470 g/mol. The van der Waals surface area contributed by atoms with E-state index in [-0.39, 0.29) is 31.5 Å². The van der Waals surface area contributed by atoms with Crippen molar-refractivity contribution >= 4 is 12.1 Å². The summed E-state index contributed by atoms with van der Waals surface area (Å²) in [6.07, 6.45) is -0.496. The highest BCUT2D eigenvalue weighted by atomic mass is 19.1. The molecule has 0 bridgehead atoms. The first kappa shape index (κ1) is 22.6. The predicted molar refractivity (Wildman–Crippen MR) is 124 cm³/mol. The minimum atomic E-state index is -1.68. The molecule has 6 nitrogen and oxygen atoms in total. The van der Waals surface area contributed by atoms with Crippen LogP contribution in [0.15, 0.2) is 53.5 Å².